The predicted molar refractivity (Wildman–Crippen MR) is 133 cm³/mol. The second-order valence-corrected chi connectivity index (χ2v) is 10.3. The molecule has 0 saturated heterocycles. The summed E-state index contributed by atoms with van der Waals surface area (Å²) in [6, 6.07) is 14.3. The van der Waals surface area contributed by atoms with Gasteiger partial charge >= 0.3 is 5.97 Å². The lowest BCUT2D eigenvalue weighted by Gasteiger charge is -2.15. The average Bonchev–Trinajstić information content (AvgIpc) is 2.99. The largest absolute Gasteiger partial charge is 0.481 e. The van der Waals surface area contributed by atoms with E-state index < -0.39 is 21.5 Å². The number of fused-ring (bicyclic) bond motifs is 1. The molecule has 0 radical (unpaired) electrons. The lowest BCUT2D eigenvalue weighted by atomic mass is 9.81. The van der Waals surface area contributed by atoms with Crippen LogP contribution in [0.1, 0.15) is 50.7 Å². The number of benzene rings is 2. The van der Waals surface area contributed by atoms with Gasteiger partial charge in [-0.2, -0.15) is 13.0 Å². The zero-order valence-electron chi connectivity index (χ0n) is 19.4. The summed E-state index contributed by atoms with van der Waals surface area (Å²) in [5.74, 6) is -0.802. The minimum atomic E-state index is -4.33. The molecule has 1 aliphatic rings. The third kappa shape index (κ3) is 5.81. The van der Waals surface area contributed by atoms with Crippen LogP contribution in [0.3, 0.4) is 0 Å². The van der Waals surface area contributed by atoms with Crippen molar-refractivity contribution in [1.29, 1.82) is 0 Å². The summed E-state index contributed by atoms with van der Waals surface area (Å²) in [5.41, 5.74) is 9.86. The number of hydrogen-bond donors (Lipinski definition) is 3. The van der Waals surface area contributed by atoms with Crippen molar-refractivity contribution >= 4 is 33.2 Å². The Morgan fingerprint density at radius 3 is 2.44 bits per heavy atom. The first-order valence-electron chi connectivity index (χ1n) is 11.2. The molecule has 0 aromatic heterocycles. The summed E-state index contributed by atoms with van der Waals surface area (Å²) in [4.78, 5) is 10.7. The number of rotatable bonds is 10. The van der Waals surface area contributed by atoms with Gasteiger partial charge in [-0.3, -0.25) is 9.35 Å². The highest BCUT2D eigenvalue weighted by atomic mass is 32.2. The Morgan fingerprint density at radius 2 is 1.79 bits per heavy atom. The molecule has 7 nitrogen and oxygen atoms in total. The molecule has 4 N–H and O–H groups in total. The van der Waals surface area contributed by atoms with Crippen LogP contribution in [0.2, 0.25) is 0 Å². The average molecular weight is 484 g/mol. The maximum Gasteiger partial charge on any atom is 0.303 e. The highest BCUT2D eigenvalue weighted by Crippen LogP contribution is 2.41. The molecule has 0 aliphatic carbocycles. The highest BCUT2D eigenvalue weighted by Gasteiger charge is 2.44. The molecule has 0 spiro atoms. The molecule has 8 heteroatoms. The summed E-state index contributed by atoms with van der Waals surface area (Å²) < 4.78 is 35.2. The van der Waals surface area contributed by atoms with Gasteiger partial charge in [0.15, 0.2) is 5.71 Å². The Balaban J connectivity index is 1.95. The van der Waals surface area contributed by atoms with Gasteiger partial charge in [0.05, 0.1) is 10.3 Å². The third-order valence-corrected chi connectivity index (χ3v) is 6.92. The molecule has 2 aromatic rings. The molecule has 1 aliphatic heterocycles. The molecule has 0 unspecified atom stereocenters. The lowest BCUT2D eigenvalue weighted by molar-refractivity contribution is -0.438. The van der Waals surface area contributed by atoms with Crippen LogP contribution in [0.5, 0.6) is 0 Å². The van der Waals surface area contributed by atoms with E-state index in [9.17, 15) is 17.8 Å². The lowest BCUT2D eigenvalue weighted by Crippen LogP contribution is -2.28. The Kier molecular flexibility index (Phi) is 7.74. The zero-order valence-corrected chi connectivity index (χ0v) is 20.3. The zero-order chi connectivity index (χ0) is 24.9. The SMILES string of the molecule is CC1(C)C(C=CC=C(N)c2ccccc2)=[N+](CCCCCC(=O)O)c2ccc(S(=O)(=O)O)cc21. The van der Waals surface area contributed by atoms with Crippen LogP contribution in [0, 0.1) is 0 Å². The first-order chi connectivity index (χ1) is 16.0. The quantitative estimate of drug-likeness (QED) is 0.198. The molecule has 3 rings (SSSR count). The number of carboxylic acids is 1. The predicted octanol–water partition coefficient (Wildman–Crippen LogP) is 4.51. The molecular formula is C26H31N2O5S+. The number of unbranched alkanes of at least 4 members (excludes halogenated alkanes) is 2. The highest BCUT2D eigenvalue weighted by molar-refractivity contribution is 7.85. The molecule has 1 heterocycles. The first-order valence-corrected chi connectivity index (χ1v) is 12.6. The number of nitrogens with zero attached hydrogens (tertiary/aromatic N) is 1. The fourth-order valence-corrected chi connectivity index (χ4v) is 4.76. The number of aliphatic carboxylic acids is 1. The fraction of sp³-hybridized carbons (Fsp3) is 0.308. The van der Waals surface area contributed by atoms with Gasteiger partial charge in [0, 0.05) is 36.2 Å². The standard InChI is InChI=1S/C26H30N2O5S/c1-26(2)21-18-20(34(31,32)33)15-16-23(21)28(17-8-4-7-14-25(29)30)24(26)13-9-12-22(27)19-10-5-3-6-11-19/h3,5-6,9-13,15-16,18,27H,4,7-8,14,17H2,1-2H3,(H2,29,30,31,32,33)/p+1. The molecule has 0 atom stereocenters. The molecule has 180 valence electrons. The van der Waals surface area contributed by atoms with Crippen LogP contribution in [0.15, 0.2) is 71.7 Å². The van der Waals surface area contributed by atoms with E-state index in [0.29, 0.717) is 18.7 Å². The van der Waals surface area contributed by atoms with Gasteiger partial charge in [0.1, 0.15) is 6.54 Å². The Hall–Kier alpha value is -3.23. The van der Waals surface area contributed by atoms with Crippen molar-refractivity contribution in [3.63, 3.8) is 0 Å². The smallest absolute Gasteiger partial charge is 0.303 e. The van der Waals surface area contributed by atoms with Crippen LogP contribution in [-0.4, -0.2) is 40.9 Å². The van der Waals surface area contributed by atoms with Gasteiger partial charge in [-0.15, -0.1) is 0 Å². The van der Waals surface area contributed by atoms with E-state index in [2.05, 4.69) is 4.58 Å². The van der Waals surface area contributed by atoms with Crippen LogP contribution >= 0.6 is 0 Å². The van der Waals surface area contributed by atoms with Gasteiger partial charge < -0.3 is 10.8 Å². The Bertz CT molecular complexity index is 1260. The van der Waals surface area contributed by atoms with Crippen molar-refractivity contribution in [3.8, 4) is 0 Å². The van der Waals surface area contributed by atoms with Crippen molar-refractivity contribution in [1.82, 2.24) is 0 Å². The van der Waals surface area contributed by atoms with E-state index in [4.69, 9.17) is 10.8 Å². The van der Waals surface area contributed by atoms with E-state index in [-0.39, 0.29) is 11.3 Å². The number of nitrogens with two attached hydrogens (primary N) is 1. The summed E-state index contributed by atoms with van der Waals surface area (Å²) >= 11 is 0. The molecule has 0 amide bonds. The topological polar surface area (TPSA) is 121 Å². The minimum absolute atomic E-state index is 0.139. The second kappa shape index (κ2) is 10.4. The van der Waals surface area contributed by atoms with Crippen molar-refractivity contribution in [2.45, 2.75) is 49.8 Å². The Labute approximate surface area is 200 Å². The first kappa shape index (κ1) is 25.4. The van der Waals surface area contributed by atoms with E-state index >= 15 is 0 Å². The summed E-state index contributed by atoms with van der Waals surface area (Å²) in [7, 11) is -4.33. The summed E-state index contributed by atoms with van der Waals surface area (Å²) in [6.07, 6.45) is 7.97. The molecular weight excluding hydrogens is 452 g/mol. The Morgan fingerprint density at radius 1 is 1.09 bits per heavy atom. The molecule has 34 heavy (non-hydrogen) atoms. The van der Waals surface area contributed by atoms with Crippen LogP contribution in [-0.2, 0) is 20.3 Å². The molecule has 0 fully saturated rings. The van der Waals surface area contributed by atoms with Crippen LogP contribution in [0.4, 0.5) is 5.69 Å². The van der Waals surface area contributed by atoms with Crippen molar-refractivity contribution in [2.24, 2.45) is 5.73 Å². The van der Waals surface area contributed by atoms with Crippen LogP contribution < -0.4 is 5.73 Å². The number of carboxylic acid groups (broad SMARTS) is 1. The molecule has 0 bridgehead atoms. The monoisotopic (exact) mass is 483 g/mol. The third-order valence-electron chi connectivity index (χ3n) is 6.07. The maximum absolute atomic E-state index is 11.7. The van der Waals surface area contributed by atoms with E-state index in [0.717, 1.165) is 35.4 Å². The summed E-state index contributed by atoms with van der Waals surface area (Å²) in [5, 5.41) is 8.87. The van der Waals surface area contributed by atoms with E-state index in [1.54, 1.807) is 6.07 Å². The van der Waals surface area contributed by atoms with Crippen LogP contribution in [0.25, 0.3) is 5.70 Å². The minimum Gasteiger partial charge on any atom is -0.481 e. The number of hydrogen-bond acceptors (Lipinski definition) is 4. The van der Waals surface area contributed by atoms with Crippen molar-refractivity contribution < 1.29 is 27.4 Å². The van der Waals surface area contributed by atoms with Gasteiger partial charge in [0.25, 0.3) is 10.1 Å². The number of allylic oxidation sites excluding steroid dienone is 3. The maximum atomic E-state index is 11.7. The second-order valence-electron chi connectivity index (χ2n) is 8.87. The van der Waals surface area contributed by atoms with Crippen molar-refractivity contribution in [3.05, 3.63) is 77.9 Å². The van der Waals surface area contributed by atoms with Crippen molar-refractivity contribution in [2.75, 3.05) is 6.54 Å². The van der Waals surface area contributed by atoms with Gasteiger partial charge in [-0.25, -0.2) is 0 Å². The van der Waals surface area contributed by atoms with E-state index in [1.807, 2.05) is 62.4 Å². The van der Waals surface area contributed by atoms with Gasteiger partial charge in [-0.1, -0.05) is 36.4 Å². The van der Waals surface area contributed by atoms with Gasteiger partial charge in [-0.05, 0) is 50.5 Å². The van der Waals surface area contributed by atoms with Gasteiger partial charge in [0.2, 0.25) is 5.69 Å². The molecule has 0 saturated carbocycles. The summed E-state index contributed by atoms with van der Waals surface area (Å²) in [6.45, 7) is 4.67. The fourth-order valence-electron chi connectivity index (χ4n) is 4.25. The number of carbonyl (C=O) groups is 1. The normalized spacial score (nSPS) is 15.7. The van der Waals surface area contributed by atoms with E-state index in [1.165, 1.54) is 12.1 Å². The molecule has 2 aromatic carbocycles.